The van der Waals surface area contributed by atoms with Crippen molar-refractivity contribution < 1.29 is 14.3 Å². The van der Waals surface area contributed by atoms with Gasteiger partial charge >= 0.3 is 0 Å². The smallest absolute Gasteiger partial charge is 0.230 e. The Bertz CT molecular complexity index is 1090. The Kier molecular flexibility index (Phi) is 3.50. The highest BCUT2D eigenvalue weighted by Crippen LogP contribution is 2.70. The molecule has 2 fully saturated rings. The van der Waals surface area contributed by atoms with Gasteiger partial charge in [0.1, 0.15) is 5.82 Å². The highest BCUT2D eigenvalue weighted by Gasteiger charge is 2.65. The molecule has 28 heavy (non-hydrogen) atoms. The van der Waals surface area contributed by atoms with Crippen LogP contribution in [0.25, 0.3) is 16.7 Å². The van der Waals surface area contributed by atoms with E-state index in [1.165, 1.54) is 12.1 Å². The molecule has 1 unspecified atom stereocenters. The van der Waals surface area contributed by atoms with Gasteiger partial charge in [-0.1, -0.05) is 6.07 Å². The second-order valence-corrected chi connectivity index (χ2v) is 8.62. The summed E-state index contributed by atoms with van der Waals surface area (Å²) in [5.74, 6) is 0.159. The summed E-state index contributed by atoms with van der Waals surface area (Å²) in [6.07, 6.45) is 3.22. The Morgan fingerprint density at radius 3 is 2.57 bits per heavy atom. The number of rotatable bonds is 4. The molecule has 1 amide bonds. The number of aromatic nitrogens is 2. The zero-order valence-electron chi connectivity index (χ0n) is 15.9. The van der Waals surface area contributed by atoms with Gasteiger partial charge in [0, 0.05) is 11.6 Å². The fraction of sp³-hybridized carbons (Fsp3) is 0.364. The Balaban J connectivity index is 1.62. The number of amides is 1. The van der Waals surface area contributed by atoms with Crippen LogP contribution in [0.15, 0.2) is 42.5 Å². The van der Waals surface area contributed by atoms with E-state index in [0.717, 1.165) is 30.3 Å². The fourth-order valence-corrected chi connectivity index (χ4v) is 4.02. The molecule has 1 aromatic heterocycles. The van der Waals surface area contributed by atoms with Crippen LogP contribution in [0.1, 0.15) is 38.7 Å². The lowest BCUT2D eigenvalue weighted by Crippen LogP contribution is -2.18. The lowest BCUT2D eigenvalue weighted by molar-refractivity contribution is -0.117. The average Bonchev–Trinajstić information content (AvgIpc) is 3.54. The second-order valence-electron chi connectivity index (χ2n) is 8.62. The molecule has 1 atom stereocenters. The quantitative estimate of drug-likeness (QED) is 0.716. The minimum absolute atomic E-state index is 0.00104. The minimum atomic E-state index is -1.01. The molecule has 2 aliphatic rings. The van der Waals surface area contributed by atoms with Crippen LogP contribution in [0.3, 0.4) is 0 Å². The van der Waals surface area contributed by atoms with E-state index in [-0.39, 0.29) is 23.1 Å². The first-order chi connectivity index (χ1) is 13.3. The van der Waals surface area contributed by atoms with Crippen molar-refractivity contribution in [1.82, 2.24) is 9.55 Å². The summed E-state index contributed by atoms with van der Waals surface area (Å²) in [6, 6.07) is 11.6. The number of hydrogen-bond donors (Lipinski definition) is 2. The van der Waals surface area contributed by atoms with E-state index in [2.05, 4.69) is 10.3 Å². The minimum Gasteiger partial charge on any atom is -0.386 e. The van der Waals surface area contributed by atoms with Crippen molar-refractivity contribution in [2.24, 2.45) is 11.3 Å². The monoisotopic (exact) mass is 379 g/mol. The first-order valence-electron chi connectivity index (χ1n) is 9.59. The number of carbonyl (C=O) groups is 1. The molecule has 2 N–H and O–H groups in total. The number of aliphatic hydroxyl groups is 1. The molecule has 1 heterocycles. The Morgan fingerprint density at radius 2 is 1.96 bits per heavy atom. The van der Waals surface area contributed by atoms with Crippen LogP contribution < -0.4 is 5.32 Å². The molecule has 2 saturated carbocycles. The van der Waals surface area contributed by atoms with Crippen molar-refractivity contribution in [3.63, 3.8) is 0 Å². The topological polar surface area (TPSA) is 67.2 Å². The molecule has 2 aliphatic carbocycles. The zero-order chi connectivity index (χ0) is 19.7. The van der Waals surface area contributed by atoms with Crippen molar-refractivity contribution in [3.05, 3.63) is 53.8 Å². The van der Waals surface area contributed by atoms with Gasteiger partial charge < -0.3 is 5.11 Å². The summed E-state index contributed by atoms with van der Waals surface area (Å²) < 4.78 is 15.3. The van der Waals surface area contributed by atoms with Crippen LogP contribution in [0.2, 0.25) is 0 Å². The standard InChI is InChI=1S/C22H22FN3O2/c1-21(2,28)13-3-8-17-18(11-13)26(15-6-4-14(23)5-7-15)20(24-17)25-19(27)16-12-22(16)9-10-22/h3-8,11,16,28H,9-10,12H2,1-2H3,(H,24,25,27). The van der Waals surface area contributed by atoms with Crippen LogP contribution in [-0.4, -0.2) is 20.6 Å². The number of fused-ring (bicyclic) bond motifs is 1. The molecule has 2 aromatic carbocycles. The zero-order valence-corrected chi connectivity index (χ0v) is 15.9. The van der Waals surface area contributed by atoms with Gasteiger partial charge in [0.2, 0.25) is 11.9 Å². The molecule has 5 rings (SSSR count). The van der Waals surface area contributed by atoms with Crippen LogP contribution >= 0.6 is 0 Å². The maximum absolute atomic E-state index is 13.5. The van der Waals surface area contributed by atoms with Gasteiger partial charge in [-0.3, -0.25) is 14.7 Å². The molecule has 6 heteroatoms. The summed E-state index contributed by atoms with van der Waals surface area (Å²) in [6.45, 7) is 3.44. The maximum Gasteiger partial charge on any atom is 0.230 e. The van der Waals surface area contributed by atoms with E-state index in [1.54, 1.807) is 26.0 Å². The molecule has 1 spiro atoms. The first kappa shape index (κ1) is 17.4. The van der Waals surface area contributed by atoms with Crippen LogP contribution in [0, 0.1) is 17.2 Å². The maximum atomic E-state index is 13.5. The third-order valence-electron chi connectivity index (χ3n) is 6.08. The molecular formula is C22H22FN3O2. The number of carbonyl (C=O) groups excluding carboxylic acids is 1. The van der Waals surface area contributed by atoms with E-state index in [9.17, 15) is 14.3 Å². The van der Waals surface area contributed by atoms with Crippen LogP contribution in [0.4, 0.5) is 10.3 Å². The van der Waals surface area contributed by atoms with E-state index in [1.807, 2.05) is 22.8 Å². The third kappa shape index (κ3) is 2.79. The lowest BCUT2D eigenvalue weighted by atomic mass is 9.98. The van der Waals surface area contributed by atoms with Gasteiger partial charge in [-0.05, 0) is 80.5 Å². The van der Waals surface area contributed by atoms with Crippen LogP contribution in [0.5, 0.6) is 0 Å². The third-order valence-corrected chi connectivity index (χ3v) is 6.08. The van der Waals surface area contributed by atoms with E-state index in [4.69, 9.17) is 0 Å². The Hall–Kier alpha value is -2.73. The second kappa shape index (κ2) is 5.64. The predicted octanol–water partition coefficient (Wildman–Crippen LogP) is 4.13. The van der Waals surface area contributed by atoms with Gasteiger partial charge in [-0.25, -0.2) is 9.37 Å². The van der Waals surface area contributed by atoms with Crippen molar-refractivity contribution in [2.45, 2.75) is 38.7 Å². The molecular weight excluding hydrogens is 357 g/mol. The highest BCUT2D eigenvalue weighted by atomic mass is 19.1. The average molecular weight is 379 g/mol. The number of imidazole rings is 1. The van der Waals surface area contributed by atoms with Crippen molar-refractivity contribution in [1.29, 1.82) is 0 Å². The summed E-state index contributed by atoms with van der Waals surface area (Å²) in [4.78, 5) is 17.3. The van der Waals surface area contributed by atoms with E-state index < -0.39 is 5.60 Å². The van der Waals surface area contributed by atoms with Gasteiger partial charge in [0.15, 0.2) is 0 Å². The van der Waals surface area contributed by atoms with Crippen LogP contribution in [-0.2, 0) is 10.4 Å². The fourth-order valence-electron chi connectivity index (χ4n) is 4.02. The summed E-state index contributed by atoms with van der Waals surface area (Å²) in [5.41, 5.74) is 2.12. The molecule has 144 valence electrons. The largest absolute Gasteiger partial charge is 0.386 e. The van der Waals surface area contributed by atoms with Gasteiger partial charge in [0.05, 0.1) is 16.6 Å². The molecule has 0 saturated heterocycles. The first-order valence-corrected chi connectivity index (χ1v) is 9.59. The number of nitrogens with one attached hydrogen (secondary N) is 1. The van der Waals surface area contributed by atoms with Crippen molar-refractivity contribution in [2.75, 3.05) is 5.32 Å². The van der Waals surface area contributed by atoms with Gasteiger partial charge in [0.25, 0.3) is 0 Å². The van der Waals surface area contributed by atoms with Crippen molar-refractivity contribution in [3.8, 4) is 5.69 Å². The van der Waals surface area contributed by atoms with E-state index in [0.29, 0.717) is 17.2 Å². The molecule has 0 bridgehead atoms. The lowest BCUT2D eigenvalue weighted by Gasteiger charge is -2.18. The number of halogens is 1. The summed E-state index contributed by atoms with van der Waals surface area (Å²) in [5, 5.41) is 13.4. The highest BCUT2D eigenvalue weighted by molar-refractivity contribution is 5.96. The summed E-state index contributed by atoms with van der Waals surface area (Å²) >= 11 is 0. The Labute approximate surface area is 162 Å². The Morgan fingerprint density at radius 1 is 1.25 bits per heavy atom. The number of nitrogens with zero attached hydrogens (tertiary/aromatic N) is 2. The SMILES string of the molecule is CC(C)(O)c1ccc2nc(NC(=O)C3CC34CC4)n(-c3ccc(F)cc3)c2c1. The normalized spacial score (nSPS) is 19.8. The molecule has 3 aromatic rings. The van der Waals surface area contributed by atoms with E-state index >= 15 is 0 Å². The summed E-state index contributed by atoms with van der Waals surface area (Å²) in [7, 11) is 0. The van der Waals surface area contributed by atoms with Gasteiger partial charge in [-0.15, -0.1) is 0 Å². The molecule has 5 nitrogen and oxygen atoms in total. The van der Waals surface area contributed by atoms with Crippen molar-refractivity contribution >= 4 is 22.9 Å². The number of anilines is 1. The molecule has 0 aliphatic heterocycles. The number of benzene rings is 2. The predicted molar refractivity (Wildman–Crippen MR) is 105 cm³/mol. The molecule has 0 radical (unpaired) electrons. The van der Waals surface area contributed by atoms with Gasteiger partial charge in [-0.2, -0.15) is 0 Å². The number of hydrogen-bond acceptors (Lipinski definition) is 3.